The van der Waals surface area contributed by atoms with Gasteiger partial charge >= 0.3 is 0 Å². The third kappa shape index (κ3) is 3.76. The summed E-state index contributed by atoms with van der Waals surface area (Å²) in [5, 5.41) is 0. The second kappa shape index (κ2) is 8.00. The van der Waals surface area contributed by atoms with Crippen LogP contribution in [-0.2, 0) is 0 Å². The van der Waals surface area contributed by atoms with Crippen molar-refractivity contribution in [1.82, 2.24) is 15.0 Å². The number of rotatable bonds is 4. The lowest BCUT2D eigenvalue weighted by Crippen LogP contribution is -1.97. The molecule has 0 bridgehead atoms. The Hall–Kier alpha value is -4.05. The molecule has 31 heavy (non-hydrogen) atoms. The summed E-state index contributed by atoms with van der Waals surface area (Å²) >= 11 is 0. The Morgan fingerprint density at radius 3 is 2.23 bits per heavy atom. The lowest BCUT2D eigenvalue weighted by Gasteiger charge is -2.11. The molecule has 0 saturated carbocycles. The van der Waals surface area contributed by atoms with Crippen molar-refractivity contribution in [1.29, 1.82) is 0 Å². The van der Waals surface area contributed by atoms with Gasteiger partial charge in [-0.15, -0.1) is 0 Å². The molecule has 5 rings (SSSR count). The van der Waals surface area contributed by atoms with E-state index >= 15 is 0 Å². The van der Waals surface area contributed by atoms with Crippen LogP contribution in [0.1, 0.15) is 5.56 Å². The molecule has 0 aliphatic rings. The molecule has 2 aromatic heterocycles. The summed E-state index contributed by atoms with van der Waals surface area (Å²) in [4.78, 5) is 14.6. The number of ether oxygens (including phenoxy) is 1. The molecule has 3 aromatic carbocycles. The van der Waals surface area contributed by atoms with E-state index < -0.39 is 0 Å². The van der Waals surface area contributed by atoms with Crippen molar-refractivity contribution in [3.05, 3.63) is 96.7 Å². The van der Waals surface area contributed by atoms with Crippen molar-refractivity contribution >= 4 is 11.0 Å². The fourth-order valence-corrected chi connectivity index (χ4v) is 3.61. The quantitative estimate of drug-likeness (QED) is 0.351. The van der Waals surface area contributed by atoms with Crippen LogP contribution in [0.2, 0.25) is 0 Å². The molecular formula is C27H21N3O. The van der Waals surface area contributed by atoms with Gasteiger partial charge in [0.25, 0.3) is 0 Å². The standard InChI is InChI=1S/C27H21N3O/c1-18-11-13-19(14-12-18)22-16-24-26(28-17-22)25(20-7-4-3-5-8-20)30-27(29-24)21-9-6-10-23(15-21)31-2/h3-17H,1-2H3. The minimum absolute atomic E-state index is 0.646. The predicted octanol–water partition coefficient (Wildman–Crippen LogP) is 6.34. The molecule has 150 valence electrons. The van der Waals surface area contributed by atoms with Crippen LogP contribution in [0.3, 0.4) is 0 Å². The molecule has 0 aliphatic heterocycles. The van der Waals surface area contributed by atoms with Crippen molar-refractivity contribution < 1.29 is 4.74 Å². The van der Waals surface area contributed by atoms with Gasteiger partial charge in [0.15, 0.2) is 5.82 Å². The highest BCUT2D eigenvalue weighted by Crippen LogP contribution is 2.31. The highest BCUT2D eigenvalue weighted by Gasteiger charge is 2.14. The Morgan fingerprint density at radius 1 is 0.677 bits per heavy atom. The Bertz CT molecular complexity index is 1360. The first kappa shape index (κ1) is 18.9. The second-order valence-corrected chi connectivity index (χ2v) is 7.45. The van der Waals surface area contributed by atoms with Gasteiger partial charge in [-0.05, 0) is 30.7 Å². The highest BCUT2D eigenvalue weighted by molar-refractivity contribution is 5.92. The van der Waals surface area contributed by atoms with Gasteiger partial charge in [0, 0.05) is 22.9 Å². The van der Waals surface area contributed by atoms with Crippen LogP contribution in [0.5, 0.6) is 5.75 Å². The van der Waals surface area contributed by atoms with Crippen molar-refractivity contribution in [2.24, 2.45) is 0 Å². The molecular weight excluding hydrogens is 382 g/mol. The van der Waals surface area contributed by atoms with Crippen LogP contribution >= 0.6 is 0 Å². The summed E-state index contributed by atoms with van der Waals surface area (Å²) in [5.41, 5.74) is 7.70. The van der Waals surface area contributed by atoms with Gasteiger partial charge in [0.1, 0.15) is 17.0 Å². The highest BCUT2D eigenvalue weighted by atomic mass is 16.5. The molecule has 0 spiro atoms. The molecule has 0 saturated heterocycles. The van der Waals surface area contributed by atoms with E-state index in [0.29, 0.717) is 5.82 Å². The first-order valence-corrected chi connectivity index (χ1v) is 10.2. The number of fused-ring (bicyclic) bond motifs is 1. The fraction of sp³-hybridized carbons (Fsp3) is 0.0741. The number of nitrogens with zero attached hydrogens (tertiary/aromatic N) is 3. The molecule has 2 heterocycles. The number of benzene rings is 3. The zero-order chi connectivity index (χ0) is 21.2. The number of aryl methyl sites for hydroxylation is 1. The Kier molecular flexibility index (Phi) is 4.89. The van der Waals surface area contributed by atoms with Crippen LogP contribution in [0.15, 0.2) is 91.1 Å². The number of hydrogen-bond donors (Lipinski definition) is 0. The van der Waals surface area contributed by atoms with Gasteiger partial charge in [0.05, 0.1) is 12.6 Å². The topological polar surface area (TPSA) is 47.9 Å². The summed E-state index contributed by atoms with van der Waals surface area (Å²) in [7, 11) is 1.66. The number of aromatic nitrogens is 3. The lowest BCUT2D eigenvalue weighted by atomic mass is 10.0. The number of pyridine rings is 1. The maximum atomic E-state index is 5.40. The Labute approximate surface area is 181 Å². The van der Waals surface area contributed by atoms with E-state index in [4.69, 9.17) is 19.7 Å². The van der Waals surface area contributed by atoms with Gasteiger partial charge in [-0.25, -0.2) is 9.97 Å². The minimum atomic E-state index is 0.646. The van der Waals surface area contributed by atoms with Crippen LogP contribution in [0.4, 0.5) is 0 Å². The van der Waals surface area contributed by atoms with E-state index in [0.717, 1.165) is 44.7 Å². The van der Waals surface area contributed by atoms with Crippen molar-refractivity contribution in [2.75, 3.05) is 7.11 Å². The van der Waals surface area contributed by atoms with Gasteiger partial charge in [0.2, 0.25) is 0 Å². The molecule has 0 N–H and O–H groups in total. The van der Waals surface area contributed by atoms with Crippen LogP contribution in [0.25, 0.3) is 44.8 Å². The maximum absolute atomic E-state index is 5.40. The van der Waals surface area contributed by atoms with E-state index in [2.05, 4.69) is 37.3 Å². The summed E-state index contributed by atoms with van der Waals surface area (Å²) in [6.45, 7) is 2.09. The Morgan fingerprint density at radius 2 is 1.45 bits per heavy atom. The fourth-order valence-electron chi connectivity index (χ4n) is 3.61. The first-order valence-electron chi connectivity index (χ1n) is 10.2. The summed E-state index contributed by atoms with van der Waals surface area (Å²) < 4.78 is 5.40. The summed E-state index contributed by atoms with van der Waals surface area (Å²) in [5.74, 6) is 1.42. The van der Waals surface area contributed by atoms with Crippen molar-refractivity contribution in [3.8, 4) is 39.5 Å². The van der Waals surface area contributed by atoms with E-state index in [1.165, 1.54) is 5.56 Å². The first-order chi connectivity index (χ1) is 15.2. The molecule has 0 aliphatic carbocycles. The van der Waals surface area contributed by atoms with Crippen LogP contribution < -0.4 is 4.74 Å². The third-order valence-electron chi connectivity index (χ3n) is 5.30. The van der Waals surface area contributed by atoms with Gasteiger partial charge in [-0.3, -0.25) is 4.98 Å². The molecule has 5 aromatic rings. The average Bonchev–Trinajstić information content (AvgIpc) is 2.84. The number of hydrogen-bond acceptors (Lipinski definition) is 4. The zero-order valence-corrected chi connectivity index (χ0v) is 17.4. The molecule has 0 atom stereocenters. The molecule has 0 radical (unpaired) electrons. The second-order valence-electron chi connectivity index (χ2n) is 7.45. The molecule has 4 nitrogen and oxygen atoms in total. The lowest BCUT2D eigenvalue weighted by molar-refractivity contribution is 0.415. The van der Waals surface area contributed by atoms with Crippen LogP contribution in [0, 0.1) is 6.92 Å². The smallest absolute Gasteiger partial charge is 0.160 e. The molecule has 4 heteroatoms. The Balaban J connectivity index is 1.74. The van der Waals surface area contributed by atoms with E-state index in [9.17, 15) is 0 Å². The minimum Gasteiger partial charge on any atom is -0.497 e. The monoisotopic (exact) mass is 403 g/mol. The SMILES string of the molecule is COc1cccc(-c2nc(-c3ccccc3)c3ncc(-c4ccc(C)cc4)cc3n2)c1. The largest absolute Gasteiger partial charge is 0.497 e. The van der Waals surface area contributed by atoms with Gasteiger partial charge in [-0.2, -0.15) is 0 Å². The third-order valence-corrected chi connectivity index (χ3v) is 5.30. The van der Waals surface area contributed by atoms with E-state index in [1.807, 2.05) is 60.8 Å². The normalized spacial score (nSPS) is 10.9. The van der Waals surface area contributed by atoms with Crippen molar-refractivity contribution in [2.45, 2.75) is 6.92 Å². The summed E-state index contributed by atoms with van der Waals surface area (Å²) in [6.07, 6.45) is 1.90. The molecule has 0 unspecified atom stereocenters. The van der Waals surface area contributed by atoms with E-state index in [-0.39, 0.29) is 0 Å². The maximum Gasteiger partial charge on any atom is 0.160 e. The molecule has 0 amide bonds. The summed E-state index contributed by atoms with van der Waals surface area (Å²) in [6, 6.07) is 28.5. The van der Waals surface area contributed by atoms with Crippen molar-refractivity contribution in [3.63, 3.8) is 0 Å². The van der Waals surface area contributed by atoms with Crippen LogP contribution in [-0.4, -0.2) is 22.1 Å². The predicted molar refractivity (Wildman–Crippen MR) is 125 cm³/mol. The van der Waals surface area contributed by atoms with E-state index in [1.54, 1.807) is 7.11 Å². The van der Waals surface area contributed by atoms with Gasteiger partial charge in [-0.1, -0.05) is 72.3 Å². The molecule has 0 fully saturated rings. The zero-order valence-electron chi connectivity index (χ0n) is 17.4. The average molecular weight is 403 g/mol. The number of methoxy groups -OCH3 is 1. The van der Waals surface area contributed by atoms with Gasteiger partial charge < -0.3 is 4.74 Å².